The highest BCUT2D eigenvalue weighted by Crippen LogP contribution is 2.23. The third-order valence-corrected chi connectivity index (χ3v) is 3.90. The fourth-order valence-electron chi connectivity index (χ4n) is 2.84. The lowest BCUT2D eigenvalue weighted by atomic mass is 9.96. The molecule has 0 saturated heterocycles. The highest BCUT2D eigenvalue weighted by Gasteiger charge is 2.15. The van der Waals surface area contributed by atoms with E-state index in [1.807, 2.05) is 0 Å². The lowest BCUT2D eigenvalue weighted by Crippen LogP contribution is -2.15. The van der Waals surface area contributed by atoms with Crippen molar-refractivity contribution in [2.24, 2.45) is 0 Å². The van der Waals surface area contributed by atoms with Crippen LogP contribution in [0.15, 0.2) is 30.3 Å². The predicted octanol–water partition coefficient (Wildman–Crippen LogP) is 1.93. The molecule has 2 rings (SSSR count). The highest BCUT2D eigenvalue weighted by atomic mass is 16.5. The first-order valence-electron chi connectivity index (χ1n) is 8.19. The van der Waals surface area contributed by atoms with Gasteiger partial charge >= 0.3 is 0 Å². The second-order valence-corrected chi connectivity index (χ2v) is 5.96. The fourth-order valence-corrected chi connectivity index (χ4v) is 2.84. The zero-order valence-electron chi connectivity index (χ0n) is 15.0. The first-order chi connectivity index (χ1) is 12.5. The van der Waals surface area contributed by atoms with Crippen LogP contribution in [0.2, 0.25) is 0 Å². The molecule has 0 saturated carbocycles. The summed E-state index contributed by atoms with van der Waals surface area (Å²) in [4.78, 5) is 12.7. The number of amides is 1. The van der Waals surface area contributed by atoms with E-state index in [2.05, 4.69) is 5.32 Å². The molecule has 0 fully saturated rings. The van der Waals surface area contributed by atoms with Crippen molar-refractivity contribution in [1.29, 1.82) is 0 Å². The Labute approximate surface area is 152 Å². The number of carbonyl (C=O) groups excluding carboxylic acids is 1. The van der Waals surface area contributed by atoms with Crippen LogP contribution >= 0.6 is 0 Å². The van der Waals surface area contributed by atoms with E-state index in [1.165, 1.54) is 0 Å². The van der Waals surface area contributed by atoms with Gasteiger partial charge in [0.2, 0.25) is 0 Å². The van der Waals surface area contributed by atoms with Crippen LogP contribution in [-0.2, 0) is 29.1 Å². The Balaban J connectivity index is 2.38. The maximum atomic E-state index is 12.7. The van der Waals surface area contributed by atoms with Gasteiger partial charge in [-0.25, -0.2) is 0 Å². The summed E-state index contributed by atoms with van der Waals surface area (Å²) in [6.07, 6.45) is 0.418. The van der Waals surface area contributed by atoms with E-state index in [9.17, 15) is 9.90 Å². The van der Waals surface area contributed by atoms with Gasteiger partial charge in [0.05, 0.1) is 13.2 Å². The van der Waals surface area contributed by atoms with Crippen LogP contribution in [0.4, 0.5) is 17.1 Å². The van der Waals surface area contributed by atoms with Crippen LogP contribution in [0.25, 0.3) is 0 Å². The maximum Gasteiger partial charge on any atom is 0.255 e. The lowest BCUT2D eigenvalue weighted by molar-refractivity contribution is 0.102. The number of carbonyl (C=O) groups is 1. The minimum atomic E-state index is -0.296. The molecule has 0 unspecified atom stereocenters. The summed E-state index contributed by atoms with van der Waals surface area (Å²) < 4.78 is 10.5. The van der Waals surface area contributed by atoms with Crippen molar-refractivity contribution in [3.63, 3.8) is 0 Å². The molecule has 0 aliphatic heterocycles. The minimum absolute atomic E-state index is 0.0278. The number of rotatable bonds is 8. The number of nitrogen functional groups attached to an aromatic ring is 2. The Morgan fingerprint density at radius 1 is 1.00 bits per heavy atom. The van der Waals surface area contributed by atoms with Gasteiger partial charge in [0.15, 0.2) is 0 Å². The van der Waals surface area contributed by atoms with E-state index in [0.29, 0.717) is 42.3 Å². The number of benzene rings is 2. The number of aliphatic hydroxyl groups excluding tert-OH is 1. The van der Waals surface area contributed by atoms with Crippen molar-refractivity contribution in [3.05, 3.63) is 52.6 Å². The van der Waals surface area contributed by atoms with E-state index >= 15 is 0 Å². The number of hydrogen-bond donors (Lipinski definition) is 4. The third-order valence-electron chi connectivity index (χ3n) is 3.90. The second kappa shape index (κ2) is 9.19. The molecule has 2 aromatic rings. The number of methoxy groups -OCH3 is 2. The largest absolute Gasteiger partial charge is 0.399 e. The molecule has 26 heavy (non-hydrogen) atoms. The summed E-state index contributed by atoms with van der Waals surface area (Å²) >= 11 is 0. The SMILES string of the molecule is COCc1cc(C(=O)Nc2cc(N)cc(N)c2)cc(CCO)c1COC. The molecule has 6 N–H and O–H groups in total. The van der Waals surface area contributed by atoms with Gasteiger partial charge in [-0.3, -0.25) is 4.79 Å². The Bertz CT molecular complexity index is 730. The van der Waals surface area contributed by atoms with Crippen molar-refractivity contribution in [2.45, 2.75) is 19.6 Å². The van der Waals surface area contributed by atoms with E-state index in [-0.39, 0.29) is 12.5 Å². The van der Waals surface area contributed by atoms with Gasteiger partial charge in [0, 0.05) is 43.5 Å². The number of aliphatic hydroxyl groups is 1. The maximum absolute atomic E-state index is 12.7. The third kappa shape index (κ3) is 4.95. The fraction of sp³-hybridized carbons (Fsp3) is 0.316. The van der Waals surface area contributed by atoms with Gasteiger partial charge in [-0.1, -0.05) is 0 Å². The molecule has 0 atom stereocenters. The van der Waals surface area contributed by atoms with Gasteiger partial charge in [0.25, 0.3) is 5.91 Å². The van der Waals surface area contributed by atoms with Crippen molar-refractivity contribution in [2.75, 3.05) is 37.6 Å². The Morgan fingerprint density at radius 3 is 2.19 bits per heavy atom. The highest BCUT2D eigenvalue weighted by molar-refractivity contribution is 6.05. The molecule has 0 aromatic heterocycles. The Hall–Kier alpha value is -2.61. The molecule has 1 amide bonds. The van der Waals surface area contributed by atoms with Gasteiger partial charge in [-0.15, -0.1) is 0 Å². The molecule has 0 spiro atoms. The summed E-state index contributed by atoms with van der Waals surface area (Å²) in [5.74, 6) is -0.296. The van der Waals surface area contributed by atoms with Crippen molar-refractivity contribution in [1.82, 2.24) is 0 Å². The number of hydrogen-bond acceptors (Lipinski definition) is 6. The molecular formula is C19H25N3O4. The molecule has 140 valence electrons. The lowest BCUT2D eigenvalue weighted by Gasteiger charge is -2.16. The van der Waals surface area contributed by atoms with E-state index in [4.69, 9.17) is 20.9 Å². The minimum Gasteiger partial charge on any atom is -0.399 e. The molecule has 0 aliphatic rings. The molecular weight excluding hydrogens is 334 g/mol. The van der Waals surface area contributed by atoms with Crippen molar-refractivity contribution >= 4 is 23.0 Å². The van der Waals surface area contributed by atoms with Gasteiger partial charge in [-0.05, 0) is 53.4 Å². The number of ether oxygens (including phenoxy) is 2. The predicted molar refractivity (Wildman–Crippen MR) is 102 cm³/mol. The van der Waals surface area contributed by atoms with Crippen LogP contribution in [0.1, 0.15) is 27.0 Å². The molecule has 0 bridgehead atoms. The molecule has 0 heterocycles. The Kier molecular flexibility index (Phi) is 6.97. The van der Waals surface area contributed by atoms with E-state index in [1.54, 1.807) is 44.6 Å². The summed E-state index contributed by atoms with van der Waals surface area (Å²) in [6.45, 7) is 0.686. The zero-order chi connectivity index (χ0) is 19.1. The van der Waals surface area contributed by atoms with Crippen LogP contribution in [-0.4, -0.2) is 31.8 Å². The van der Waals surface area contributed by atoms with Gasteiger partial charge in [0.1, 0.15) is 0 Å². The first kappa shape index (κ1) is 19.7. The summed E-state index contributed by atoms with van der Waals surface area (Å²) in [6, 6.07) is 8.42. The molecule has 0 radical (unpaired) electrons. The number of nitrogens with one attached hydrogen (secondary N) is 1. The molecule has 7 heteroatoms. The molecule has 2 aromatic carbocycles. The van der Waals surface area contributed by atoms with Crippen molar-refractivity contribution in [3.8, 4) is 0 Å². The Morgan fingerprint density at radius 2 is 1.62 bits per heavy atom. The van der Waals surface area contributed by atoms with E-state index < -0.39 is 0 Å². The van der Waals surface area contributed by atoms with Gasteiger partial charge < -0.3 is 31.4 Å². The normalized spacial score (nSPS) is 10.7. The quantitative estimate of drug-likeness (QED) is 0.535. The van der Waals surface area contributed by atoms with E-state index in [0.717, 1.165) is 16.7 Å². The monoisotopic (exact) mass is 359 g/mol. The standard InChI is InChI=1S/C19H25N3O4/c1-25-10-14-6-13(5-12(3-4-23)18(14)11-26-2)19(24)22-17-8-15(20)7-16(21)9-17/h5-9,23H,3-4,10-11,20-21H2,1-2H3,(H,22,24). The number of nitrogens with two attached hydrogens (primary N) is 2. The topological polar surface area (TPSA) is 120 Å². The second-order valence-electron chi connectivity index (χ2n) is 5.96. The van der Waals surface area contributed by atoms with Crippen LogP contribution in [0.3, 0.4) is 0 Å². The first-order valence-corrected chi connectivity index (χ1v) is 8.19. The summed E-state index contributed by atoms with van der Waals surface area (Å²) in [5.41, 5.74) is 16.1. The average Bonchev–Trinajstić information content (AvgIpc) is 2.57. The summed E-state index contributed by atoms with van der Waals surface area (Å²) in [7, 11) is 3.19. The molecule has 0 aliphatic carbocycles. The van der Waals surface area contributed by atoms with Gasteiger partial charge in [-0.2, -0.15) is 0 Å². The summed E-state index contributed by atoms with van der Waals surface area (Å²) in [5, 5.41) is 12.2. The molecule has 7 nitrogen and oxygen atoms in total. The smallest absolute Gasteiger partial charge is 0.255 e. The average molecular weight is 359 g/mol. The van der Waals surface area contributed by atoms with Crippen LogP contribution in [0, 0.1) is 0 Å². The van der Waals surface area contributed by atoms with Crippen LogP contribution in [0.5, 0.6) is 0 Å². The van der Waals surface area contributed by atoms with Crippen LogP contribution < -0.4 is 16.8 Å². The number of anilines is 3. The van der Waals surface area contributed by atoms with Crippen molar-refractivity contribution < 1.29 is 19.4 Å². The zero-order valence-corrected chi connectivity index (χ0v) is 15.0.